The van der Waals surface area contributed by atoms with Crippen LogP contribution >= 0.6 is 0 Å². The van der Waals surface area contributed by atoms with Crippen LogP contribution in [-0.2, 0) is 4.74 Å². The summed E-state index contributed by atoms with van der Waals surface area (Å²) >= 11 is 0. The van der Waals surface area contributed by atoms with Crippen molar-refractivity contribution in [3.8, 4) is 0 Å². The zero-order valence-corrected chi connectivity index (χ0v) is 7.42. The molecule has 1 aliphatic heterocycles. The third-order valence-corrected chi connectivity index (χ3v) is 2.21. The third-order valence-electron chi connectivity index (χ3n) is 2.21. The van der Waals surface area contributed by atoms with Gasteiger partial charge in [0.1, 0.15) is 5.82 Å². The molecule has 1 aromatic rings. The molecular formula is C8H14N4O. The van der Waals surface area contributed by atoms with Crippen molar-refractivity contribution in [3.63, 3.8) is 0 Å². The normalized spacial score (nSPS) is 22.0. The van der Waals surface area contributed by atoms with Crippen LogP contribution in [0.2, 0.25) is 0 Å². The van der Waals surface area contributed by atoms with Crippen molar-refractivity contribution in [3.05, 3.63) is 6.20 Å². The number of aromatic nitrogens is 2. The van der Waals surface area contributed by atoms with Crippen LogP contribution < -0.4 is 11.1 Å². The zero-order valence-electron chi connectivity index (χ0n) is 7.42. The quantitative estimate of drug-likeness (QED) is 0.639. The molecule has 1 fully saturated rings. The Bertz CT molecular complexity index is 267. The summed E-state index contributed by atoms with van der Waals surface area (Å²) in [5.74, 6) is 0.581. The molecule has 0 aliphatic carbocycles. The number of hydrogen-bond donors (Lipinski definition) is 3. The summed E-state index contributed by atoms with van der Waals surface area (Å²) in [4.78, 5) is 0. The summed E-state index contributed by atoms with van der Waals surface area (Å²) in [6, 6.07) is 0. The van der Waals surface area contributed by atoms with Crippen LogP contribution in [0.3, 0.4) is 0 Å². The molecule has 1 atom stereocenters. The molecule has 5 heteroatoms. The number of nitrogens with zero attached hydrogens (tertiary/aromatic N) is 1. The molecule has 5 nitrogen and oxygen atoms in total. The van der Waals surface area contributed by atoms with Crippen LogP contribution in [0.5, 0.6) is 0 Å². The van der Waals surface area contributed by atoms with E-state index in [1.54, 1.807) is 6.20 Å². The van der Waals surface area contributed by atoms with E-state index in [9.17, 15) is 0 Å². The number of nitrogens with two attached hydrogens (primary N) is 1. The Morgan fingerprint density at radius 1 is 1.77 bits per heavy atom. The van der Waals surface area contributed by atoms with E-state index >= 15 is 0 Å². The van der Waals surface area contributed by atoms with Gasteiger partial charge in [-0.3, -0.25) is 5.10 Å². The Hall–Kier alpha value is -1.23. The summed E-state index contributed by atoms with van der Waals surface area (Å²) in [5, 5.41) is 9.67. The number of rotatable bonds is 3. The fourth-order valence-electron chi connectivity index (χ4n) is 1.47. The van der Waals surface area contributed by atoms with Gasteiger partial charge < -0.3 is 15.8 Å². The van der Waals surface area contributed by atoms with Crippen molar-refractivity contribution < 1.29 is 4.74 Å². The fourth-order valence-corrected chi connectivity index (χ4v) is 1.47. The molecule has 0 amide bonds. The highest BCUT2D eigenvalue weighted by Crippen LogP contribution is 2.16. The molecule has 2 rings (SSSR count). The Morgan fingerprint density at radius 2 is 2.69 bits per heavy atom. The summed E-state index contributed by atoms with van der Waals surface area (Å²) in [6.07, 6.45) is 4.30. The molecule has 4 N–H and O–H groups in total. The molecule has 1 aliphatic rings. The van der Waals surface area contributed by atoms with E-state index in [4.69, 9.17) is 10.5 Å². The van der Waals surface area contributed by atoms with Gasteiger partial charge in [0.05, 0.1) is 18.0 Å². The lowest BCUT2D eigenvalue weighted by molar-refractivity contribution is 0.120. The number of hydrogen-bond acceptors (Lipinski definition) is 4. The predicted molar refractivity (Wildman–Crippen MR) is 50.5 cm³/mol. The van der Waals surface area contributed by atoms with E-state index in [1.807, 2.05) is 0 Å². The number of aromatic amines is 1. The second-order valence-corrected chi connectivity index (χ2v) is 3.21. The molecular weight excluding hydrogens is 168 g/mol. The van der Waals surface area contributed by atoms with E-state index in [0.717, 1.165) is 31.7 Å². The minimum Gasteiger partial charge on any atom is -0.382 e. The van der Waals surface area contributed by atoms with Gasteiger partial charge in [-0.15, -0.1) is 0 Å². The Balaban J connectivity index is 1.82. The Labute approximate surface area is 76.7 Å². The number of ether oxygens (including phenoxy) is 1. The van der Waals surface area contributed by atoms with Crippen molar-refractivity contribution in [2.75, 3.05) is 24.2 Å². The molecule has 1 aromatic heterocycles. The second-order valence-electron chi connectivity index (χ2n) is 3.21. The van der Waals surface area contributed by atoms with Crippen molar-refractivity contribution in [2.45, 2.75) is 18.9 Å². The lowest BCUT2D eigenvalue weighted by atomic mass is 10.2. The standard InChI is InChI=1S/C8H14N4O/c9-8-7(5-11-12-8)10-4-6-2-1-3-13-6/h5-6,10H,1-4H2,(H3,9,11,12). The zero-order chi connectivity index (χ0) is 9.10. The molecule has 72 valence electrons. The molecule has 13 heavy (non-hydrogen) atoms. The van der Waals surface area contributed by atoms with Gasteiger partial charge in [-0.25, -0.2) is 0 Å². The van der Waals surface area contributed by atoms with Crippen LogP contribution in [0.1, 0.15) is 12.8 Å². The Morgan fingerprint density at radius 3 is 3.31 bits per heavy atom. The maximum atomic E-state index is 5.60. The highest BCUT2D eigenvalue weighted by atomic mass is 16.5. The van der Waals surface area contributed by atoms with Crippen LogP contribution in [0.25, 0.3) is 0 Å². The van der Waals surface area contributed by atoms with Gasteiger partial charge in [0.2, 0.25) is 0 Å². The summed E-state index contributed by atoms with van der Waals surface area (Å²) in [7, 11) is 0. The van der Waals surface area contributed by atoms with E-state index in [0.29, 0.717) is 11.9 Å². The minimum atomic E-state index is 0.328. The topological polar surface area (TPSA) is 76.0 Å². The summed E-state index contributed by atoms with van der Waals surface area (Å²) in [5.41, 5.74) is 6.46. The first-order valence-corrected chi connectivity index (χ1v) is 4.50. The van der Waals surface area contributed by atoms with Crippen molar-refractivity contribution in [1.29, 1.82) is 0 Å². The van der Waals surface area contributed by atoms with Crippen molar-refractivity contribution >= 4 is 11.5 Å². The number of H-pyrrole nitrogens is 1. The molecule has 1 unspecified atom stereocenters. The van der Waals surface area contributed by atoms with Gasteiger partial charge in [-0.1, -0.05) is 0 Å². The molecule has 0 bridgehead atoms. The van der Waals surface area contributed by atoms with Crippen LogP contribution in [-0.4, -0.2) is 29.5 Å². The van der Waals surface area contributed by atoms with Gasteiger partial charge in [0.25, 0.3) is 0 Å². The van der Waals surface area contributed by atoms with Gasteiger partial charge in [-0.2, -0.15) is 5.10 Å². The smallest absolute Gasteiger partial charge is 0.142 e. The second kappa shape index (κ2) is 3.66. The van der Waals surface area contributed by atoms with Crippen LogP contribution in [0, 0.1) is 0 Å². The lowest BCUT2D eigenvalue weighted by Crippen LogP contribution is -2.18. The first-order valence-electron chi connectivity index (χ1n) is 4.50. The van der Waals surface area contributed by atoms with E-state index in [-0.39, 0.29) is 0 Å². The van der Waals surface area contributed by atoms with Crippen LogP contribution in [0.15, 0.2) is 6.20 Å². The van der Waals surface area contributed by atoms with Gasteiger partial charge in [-0.05, 0) is 12.8 Å². The number of anilines is 2. The molecule has 2 heterocycles. The molecule has 0 saturated carbocycles. The van der Waals surface area contributed by atoms with Crippen molar-refractivity contribution in [2.24, 2.45) is 0 Å². The maximum Gasteiger partial charge on any atom is 0.142 e. The first-order chi connectivity index (χ1) is 6.36. The predicted octanol–water partition coefficient (Wildman–Crippen LogP) is 0.583. The fraction of sp³-hybridized carbons (Fsp3) is 0.625. The highest BCUT2D eigenvalue weighted by molar-refractivity contribution is 5.59. The van der Waals surface area contributed by atoms with Gasteiger partial charge >= 0.3 is 0 Å². The average molecular weight is 182 g/mol. The Kier molecular flexibility index (Phi) is 2.35. The highest BCUT2D eigenvalue weighted by Gasteiger charge is 2.15. The third kappa shape index (κ3) is 1.92. The van der Waals surface area contributed by atoms with Gasteiger partial charge in [0, 0.05) is 13.2 Å². The molecule has 0 radical (unpaired) electrons. The van der Waals surface area contributed by atoms with E-state index in [1.165, 1.54) is 0 Å². The molecule has 1 saturated heterocycles. The van der Waals surface area contributed by atoms with Crippen LogP contribution in [0.4, 0.5) is 11.5 Å². The lowest BCUT2D eigenvalue weighted by Gasteiger charge is -2.10. The van der Waals surface area contributed by atoms with Gasteiger partial charge in [0.15, 0.2) is 0 Å². The summed E-state index contributed by atoms with van der Waals surface area (Å²) < 4.78 is 5.46. The first kappa shape index (κ1) is 8.37. The molecule has 0 aromatic carbocycles. The maximum absolute atomic E-state index is 5.60. The number of nitrogens with one attached hydrogen (secondary N) is 2. The monoisotopic (exact) mass is 182 g/mol. The SMILES string of the molecule is Nc1[nH]ncc1NCC1CCCO1. The number of nitrogen functional groups attached to an aromatic ring is 1. The molecule has 0 spiro atoms. The average Bonchev–Trinajstić information content (AvgIpc) is 2.72. The van der Waals surface area contributed by atoms with E-state index < -0.39 is 0 Å². The van der Waals surface area contributed by atoms with Crippen molar-refractivity contribution in [1.82, 2.24) is 10.2 Å². The minimum absolute atomic E-state index is 0.328. The largest absolute Gasteiger partial charge is 0.382 e. The van der Waals surface area contributed by atoms with E-state index in [2.05, 4.69) is 15.5 Å². The summed E-state index contributed by atoms with van der Waals surface area (Å²) in [6.45, 7) is 1.69.